The van der Waals surface area contributed by atoms with Crippen molar-refractivity contribution in [2.24, 2.45) is 5.73 Å². The molecule has 1 aromatic carbocycles. The van der Waals surface area contributed by atoms with Gasteiger partial charge in [0.1, 0.15) is 0 Å². The number of aryl methyl sites for hydroxylation is 2. The molecule has 0 saturated carbocycles. The van der Waals surface area contributed by atoms with Crippen molar-refractivity contribution in [2.75, 3.05) is 0 Å². The number of hydrogen-bond acceptors (Lipinski definition) is 1. The first-order chi connectivity index (χ1) is 7.24. The Morgan fingerprint density at radius 2 is 2.27 bits per heavy atom. The molecular formula is C13H16N2. The third-order valence-electron chi connectivity index (χ3n) is 3.38. The molecule has 0 bridgehead atoms. The Morgan fingerprint density at radius 1 is 1.40 bits per heavy atom. The quantitative estimate of drug-likeness (QED) is 0.673. The lowest BCUT2D eigenvalue weighted by molar-refractivity contribution is 0.572. The minimum absolute atomic E-state index is 0.339. The van der Waals surface area contributed by atoms with Gasteiger partial charge in [-0.15, -0.1) is 0 Å². The molecule has 0 amide bonds. The molecule has 1 aromatic heterocycles. The van der Waals surface area contributed by atoms with E-state index in [-0.39, 0.29) is 0 Å². The van der Waals surface area contributed by atoms with Crippen molar-refractivity contribution in [2.45, 2.75) is 32.2 Å². The SMILES string of the molecule is Cc1ccc2[nH]c3c(c2c1)CC[C@@H](N)C3. The molecule has 0 spiro atoms. The summed E-state index contributed by atoms with van der Waals surface area (Å²) in [5, 5.41) is 1.40. The van der Waals surface area contributed by atoms with Gasteiger partial charge in [0.05, 0.1) is 0 Å². The number of aromatic nitrogens is 1. The van der Waals surface area contributed by atoms with Gasteiger partial charge < -0.3 is 10.7 Å². The second-order valence-electron chi connectivity index (χ2n) is 4.63. The Balaban J connectivity index is 2.24. The van der Waals surface area contributed by atoms with Gasteiger partial charge >= 0.3 is 0 Å². The Bertz CT molecular complexity index is 510. The van der Waals surface area contributed by atoms with E-state index < -0.39 is 0 Å². The summed E-state index contributed by atoms with van der Waals surface area (Å²) >= 11 is 0. The summed E-state index contributed by atoms with van der Waals surface area (Å²) in [4.78, 5) is 3.49. The fourth-order valence-corrected chi connectivity index (χ4v) is 2.57. The minimum Gasteiger partial charge on any atom is -0.358 e. The van der Waals surface area contributed by atoms with Gasteiger partial charge in [0, 0.05) is 29.1 Å². The predicted octanol–water partition coefficient (Wildman–Crippen LogP) is 2.29. The summed E-state index contributed by atoms with van der Waals surface area (Å²) in [5.41, 5.74) is 11.4. The Labute approximate surface area is 89.5 Å². The van der Waals surface area contributed by atoms with Crippen molar-refractivity contribution in [3.8, 4) is 0 Å². The van der Waals surface area contributed by atoms with E-state index in [1.807, 2.05) is 0 Å². The molecule has 1 atom stereocenters. The molecule has 2 nitrogen and oxygen atoms in total. The molecule has 1 aliphatic carbocycles. The number of hydrogen-bond donors (Lipinski definition) is 2. The smallest absolute Gasteiger partial charge is 0.0459 e. The van der Waals surface area contributed by atoms with E-state index in [0.29, 0.717) is 6.04 Å². The van der Waals surface area contributed by atoms with Crippen molar-refractivity contribution >= 4 is 10.9 Å². The second-order valence-corrected chi connectivity index (χ2v) is 4.63. The zero-order valence-electron chi connectivity index (χ0n) is 9.01. The van der Waals surface area contributed by atoms with E-state index in [4.69, 9.17) is 5.73 Å². The molecule has 1 heterocycles. The fourth-order valence-electron chi connectivity index (χ4n) is 2.57. The highest BCUT2D eigenvalue weighted by Crippen LogP contribution is 2.29. The van der Waals surface area contributed by atoms with Crippen LogP contribution < -0.4 is 5.73 Å². The van der Waals surface area contributed by atoms with Crippen molar-refractivity contribution in [1.29, 1.82) is 0 Å². The molecular weight excluding hydrogens is 184 g/mol. The maximum absolute atomic E-state index is 5.98. The molecule has 15 heavy (non-hydrogen) atoms. The summed E-state index contributed by atoms with van der Waals surface area (Å²) in [6.07, 6.45) is 3.25. The lowest BCUT2D eigenvalue weighted by Crippen LogP contribution is -2.27. The van der Waals surface area contributed by atoms with E-state index in [2.05, 4.69) is 30.1 Å². The standard InChI is InChI=1S/C13H16N2/c1-8-2-5-12-11(6-8)10-4-3-9(14)7-13(10)15-12/h2,5-6,9,15H,3-4,7,14H2,1H3/t9-/m1/s1. The number of nitrogens with one attached hydrogen (secondary N) is 1. The summed E-state index contributed by atoms with van der Waals surface area (Å²) < 4.78 is 0. The average Bonchev–Trinajstić information content (AvgIpc) is 2.54. The Morgan fingerprint density at radius 3 is 3.13 bits per heavy atom. The van der Waals surface area contributed by atoms with Crippen LogP contribution in [-0.4, -0.2) is 11.0 Å². The largest absolute Gasteiger partial charge is 0.358 e. The highest BCUT2D eigenvalue weighted by atomic mass is 14.8. The number of fused-ring (bicyclic) bond motifs is 3. The Hall–Kier alpha value is -1.28. The van der Waals surface area contributed by atoms with Crippen molar-refractivity contribution in [1.82, 2.24) is 4.98 Å². The van der Waals surface area contributed by atoms with Crippen LogP contribution in [0, 0.1) is 6.92 Å². The first-order valence-electron chi connectivity index (χ1n) is 5.59. The van der Waals surface area contributed by atoms with E-state index in [9.17, 15) is 0 Å². The van der Waals surface area contributed by atoms with E-state index in [0.717, 1.165) is 19.3 Å². The summed E-state index contributed by atoms with van der Waals surface area (Å²) in [6.45, 7) is 2.15. The van der Waals surface area contributed by atoms with E-state index >= 15 is 0 Å². The van der Waals surface area contributed by atoms with Crippen LogP contribution in [0.4, 0.5) is 0 Å². The Kier molecular flexibility index (Phi) is 1.86. The van der Waals surface area contributed by atoms with E-state index in [1.165, 1.54) is 27.7 Å². The molecule has 0 saturated heterocycles. The van der Waals surface area contributed by atoms with Gasteiger partial charge in [0.25, 0.3) is 0 Å². The molecule has 0 radical (unpaired) electrons. The number of H-pyrrole nitrogens is 1. The normalized spacial score (nSPS) is 20.5. The summed E-state index contributed by atoms with van der Waals surface area (Å²) in [7, 11) is 0. The molecule has 0 unspecified atom stereocenters. The van der Waals surface area contributed by atoms with Gasteiger partial charge in [0.15, 0.2) is 0 Å². The maximum Gasteiger partial charge on any atom is 0.0459 e. The molecule has 3 N–H and O–H groups in total. The molecule has 0 fully saturated rings. The molecule has 0 aliphatic heterocycles. The summed E-state index contributed by atoms with van der Waals surface area (Å²) in [5.74, 6) is 0. The van der Waals surface area contributed by atoms with Crippen LogP contribution in [0.1, 0.15) is 23.2 Å². The average molecular weight is 200 g/mol. The summed E-state index contributed by atoms with van der Waals surface area (Å²) in [6, 6.07) is 6.95. The maximum atomic E-state index is 5.98. The number of rotatable bonds is 0. The van der Waals surface area contributed by atoms with Gasteiger partial charge in [0.2, 0.25) is 0 Å². The highest BCUT2D eigenvalue weighted by Gasteiger charge is 2.19. The van der Waals surface area contributed by atoms with Gasteiger partial charge in [-0.25, -0.2) is 0 Å². The van der Waals surface area contributed by atoms with Gasteiger partial charge in [-0.05, 0) is 37.5 Å². The van der Waals surface area contributed by atoms with Crippen LogP contribution in [0.3, 0.4) is 0 Å². The first-order valence-corrected chi connectivity index (χ1v) is 5.59. The van der Waals surface area contributed by atoms with Crippen LogP contribution in [0.2, 0.25) is 0 Å². The van der Waals surface area contributed by atoms with E-state index in [1.54, 1.807) is 0 Å². The van der Waals surface area contributed by atoms with Gasteiger partial charge in [-0.3, -0.25) is 0 Å². The van der Waals surface area contributed by atoms with Crippen LogP contribution >= 0.6 is 0 Å². The zero-order valence-corrected chi connectivity index (χ0v) is 9.01. The number of nitrogens with two attached hydrogens (primary N) is 1. The second kappa shape index (κ2) is 3.11. The topological polar surface area (TPSA) is 41.8 Å². The first kappa shape index (κ1) is 8.98. The highest BCUT2D eigenvalue weighted by molar-refractivity contribution is 5.85. The van der Waals surface area contributed by atoms with Crippen LogP contribution in [0.15, 0.2) is 18.2 Å². The van der Waals surface area contributed by atoms with Gasteiger partial charge in [-0.2, -0.15) is 0 Å². The van der Waals surface area contributed by atoms with Crippen molar-refractivity contribution in [3.63, 3.8) is 0 Å². The molecule has 1 aliphatic rings. The van der Waals surface area contributed by atoms with Crippen LogP contribution in [-0.2, 0) is 12.8 Å². The number of aromatic amines is 1. The van der Waals surface area contributed by atoms with Gasteiger partial charge in [-0.1, -0.05) is 11.6 Å². The monoisotopic (exact) mass is 200 g/mol. The third kappa shape index (κ3) is 1.37. The fraction of sp³-hybridized carbons (Fsp3) is 0.385. The minimum atomic E-state index is 0.339. The zero-order chi connectivity index (χ0) is 10.4. The van der Waals surface area contributed by atoms with Crippen molar-refractivity contribution in [3.05, 3.63) is 35.0 Å². The molecule has 3 rings (SSSR count). The molecule has 2 aromatic rings. The molecule has 2 heteroatoms. The lowest BCUT2D eigenvalue weighted by atomic mass is 9.92. The molecule has 78 valence electrons. The van der Waals surface area contributed by atoms with Crippen molar-refractivity contribution < 1.29 is 0 Å². The predicted molar refractivity (Wildman–Crippen MR) is 63.0 cm³/mol. The van der Waals surface area contributed by atoms with Crippen LogP contribution in [0.5, 0.6) is 0 Å². The lowest BCUT2D eigenvalue weighted by Gasteiger charge is -2.17. The number of benzene rings is 1. The van der Waals surface area contributed by atoms with Crippen LogP contribution in [0.25, 0.3) is 10.9 Å². The third-order valence-corrected chi connectivity index (χ3v) is 3.38.